The molecule has 0 spiro atoms. The van der Waals surface area contributed by atoms with Crippen molar-refractivity contribution in [3.63, 3.8) is 0 Å². The summed E-state index contributed by atoms with van der Waals surface area (Å²) >= 11 is 6.05. The largest absolute Gasteiger partial charge is 0.497 e. The van der Waals surface area contributed by atoms with Gasteiger partial charge in [0, 0.05) is 47.9 Å². The molecule has 1 fully saturated rings. The van der Waals surface area contributed by atoms with Gasteiger partial charge in [-0.15, -0.1) is 5.10 Å². The molecule has 11 nitrogen and oxygen atoms in total. The Morgan fingerprint density at radius 1 is 1.06 bits per heavy atom. The zero-order valence-electron chi connectivity index (χ0n) is 25.3. The number of anilines is 1. The number of aromatic nitrogens is 2. The second kappa shape index (κ2) is 14.4. The molecule has 1 amide bonds. The summed E-state index contributed by atoms with van der Waals surface area (Å²) in [6.07, 6.45) is 0.674. The van der Waals surface area contributed by atoms with Gasteiger partial charge in [0.25, 0.3) is 10.0 Å². The molecule has 1 aliphatic heterocycles. The smallest absolute Gasteiger partial charge is 0.407 e. The molecule has 2 heterocycles. The number of carboxylic acid groups (broad SMARTS) is 1. The van der Waals surface area contributed by atoms with Crippen LogP contribution >= 0.6 is 11.6 Å². The summed E-state index contributed by atoms with van der Waals surface area (Å²) < 4.78 is 76.6. The molecular formula is C32H31ClF2N4O7S. The lowest BCUT2D eigenvalue weighted by atomic mass is 9.81. The van der Waals surface area contributed by atoms with E-state index in [1.165, 1.54) is 37.4 Å². The maximum Gasteiger partial charge on any atom is 0.407 e. The number of likely N-dealkylation sites (tertiary alicyclic amines) is 1. The molecule has 3 aromatic carbocycles. The molecule has 15 heteroatoms. The third-order valence-electron chi connectivity index (χ3n) is 7.92. The summed E-state index contributed by atoms with van der Waals surface area (Å²) in [7, 11) is -1.98. The van der Waals surface area contributed by atoms with Crippen LogP contribution in [0.5, 0.6) is 17.2 Å². The number of piperidine rings is 1. The highest BCUT2D eigenvalue weighted by molar-refractivity contribution is 7.92. The van der Waals surface area contributed by atoms with Gasteiger partial charge in [-0.05, 0) is 60.4 Å². The molecule has 0 radical (unpaired) electrons. The van der Waals surface area contributed by atoms with Crippen LogP contribution in [-0.4, -0.2) is 68.6 Å². The van der Waals surface area contributed by atoms with Gasteiger partial charge in [0.15, 0.2) is 17.4 Å². The Balaban J connectivity index is 1.48. The van der Waals surface area contributed by atoms with E-state index in [1.807, 2.05) is 12.1 Å². The molecule has 1 unspecified atom stereocenters. The first-order valence-electron chi connectivity index (χ1n) is 14.4. The molecule has 1 saturated heterocycles. The lowest BCUT2D eigenvalue weighted by Crippen LogP contribution is -2.44. The highest BCUT2D eigenvalue weighted by Gasteiger charge is 2.35. The standard InChI is InChI=1S/C32H31ClF2N4O7S/c1-44-25-10-7-21(27(16-25)45-2)18-39(30-4-3-12-36-37-30)47(42,43)29-15-24(34)14-28(31(29)35)46-19-22-17-38(32(40)41)13-11-26(22)20-5-8-23(33)9-6-20/h3-10,12,14-16,22,26H,11,13,17-19H2,1-2H3,(H,40,41)/t22?,26-/m1/s1. The second-order valence-corrected chi connectivity index (χ2v) is 13.0. The molecule has 0 bridgehead atoms. The predicted molar refractivity (Wildman–Crippen MR) is 169 cm³/mol. The van der Waals surface area contributed by atoms with Crippen molar-refractivity contribution in [3.05, 3.63) is 101 Å². The minimum atomic E-state index is -4.84. The van der Waals surface area contributed by atoms with Crippen LogP contribution in [0, 0.1) is 17.6 Å². The van der Waals surface area contributed by atoms with E-state index >= 15 is 8.78 Å². The molecule has 0 aliphatic carbocycles. The van der Waals surface area contributed by atoms with Crippen LogP contribution in [0.25, 0.3) is 0 Å². The van der Waals surface area contributed by atoms with Gasteiger partial charge in [0.05, 0.1) is 27.4 Å². The third kappa shape index (κ3) is 7.49. The summed E-state index contributed by atoms with van der Waals surface area (Å²) in [6.45, 7) is -0.272. The van der Waals surface area contributed by atoms with Crippen LogP contribution in [0.4, 0.5) is 19.4 Å². The van der Waals surface area contributed by atoms with Crippen molar-refractivity contribution < 1.29 is 41.3 Å². The molecule has 1 N–H and O–H groups in total. The zero-order valence-corrected chi connectivity index (χ0v) is 26.9. The number of sulfonamides is 1. The fraction of sp³-hybridized carbons (Fsp3) is 0.281. The maximum absolute atomic E-state index is 16.1. The number of hydrogen-bond acceptors (Lipinski definition) is 8. The SMILES string of the molecule is COc1ccc(CN(c2cccnn2)S(=O)(=O)c2cc(F)cc(OCC3CN(C(=O)O)CC[C@@H]3c3ccc(Cl)cc3)c2F)c(OC)c1. The molecule has 248 valence electrons. The molecule has 5 rings (SSSR count). The number of hydrogen-bond donors (Lipinski definition) is 1. The number of halogens is 3. The fourth-order valence-electron chi connectivity index (χ4n) is 5.52. The van der Waals surface area contributed by atoms with Gasteiger partial charge in [0.1, 0.15) is 22.2 Å². The van der Waals surface area contributed by atoms with E-state index in [0.29, 0.717) is 28.8 Å². The zero-order chi connectivity index (χ0) is 33.7. The molecule has 2 atom stereocenters. The van der Waals surface area contributed by atoms with E-state index in [9.17, 15) is 18.3 Å². The molecule has 1 aromatic heterocycles. The van der Waals surface area contributed by atoms with E-state index < -0.39 is 44.3 Å². The lowest BCUT2D eigenvalue weighted by molar-refractivity contribution is 0.0926. The summed E-state index contributed by atoms with van der Waals surface area (Å²) in [6, 6.07) is 15.9. The van der Waals surface area contributed by atoms with Gasteiger partial charge < -0.3 is 24.2 Å². The Labute approximate surface area is 275 Å². The fourth-order valence-corrected chi connectivity index (χ4v) is 7.13. The van der Waals surface area contributed by atoms with Crippen molar-refractivity contribution in [2.75, 3.05) is 38.2 Å². The van der Waals surface area contributed by atoms with E-state index in [0.717, 1.165) is 15.9 Å². The number of ether oxygens (including phenoxy) is 3. The third-order valence-corrected chi connectivity index (χ3v) is 9.92. The summed E-state index contributed by atoms with van der Waals surface area (Å²) in [4.78, 5) is 12.0. The second-order valence-electron chi connectivity index (χ2n) is 10.7. The van der Waals surface area contributed by atoms with Crippen molar-refractivity contribution in [3.8, 4) is 17.2 Å². The van der Waals surface area contributed by atoms with Crippen molar-refractivity contribution >= 4 is 33.5 Å². The first-order chi connectivity index (χ1) is 22.5. The minimum absolute atomic E-state index is 0.0644. The Bertz CT molecular complexity index is 1840. The molecular weight excluding hydrogens is 658 g/mol. The van der Waals surface area contributed by atoms with E-state index in [-0.39, 0.29) is 43.7 Å². The number of carbonyl (C=O) groups is 1. The van der Waals surface area contributed by atoms with Crippen LogP contribution in [-0.2, 0) is 16.6 Å². The first-order valence-corrected chi connectivity index (χ1v) is 16.2. The van der Waals surface area contributed by atoms with Crippen LogP contribution in [0.15, 0.2) is 77.8 Å². The molecule has 4 aromatic rings. The highest BCUT2D eigenvalue weighted by atomic mass is 35.5. The van der Waals surface area contributed by atoms with E-state index in [1.54, 1.807) is 30.3 Å². The average molecular weight is 689 g/mol. The quantitative estimate of drug-likeness (QED) is 0.202. The van der Waals surface area contributed by atoms with Gasteiger partial charge >= 0.3 is 6.09 Å². The van der Waals surface area contributed by atoms with Crippen molar-refractivity contribution in [2.45, 2.75) is 23.8 Å². The predicted octanol–water partition coefficient (Wildman–Crippen LogP) is 5.98. The monoisotopic (exact) mass is 688 g/mol. The number of benzene rings is 3. The maximum atomic E-state index is 16.1. The minimum Gasteiger partial charge on any atom is -0.497 e. The van der Waals surface area contributed by atoms with Crippen LogP contribution in [0.3, 0.4) is 0 Å². The molecule has 47 heavy (non-hydrogen) atoms. The number of rotatable bonds is 11. The number of methoxy groups -OCH3 is 2. The number of amides is 1. The Morgan fingerprint density at radius 3 is 2.49 bits per heavy atom. The Morgan fingerprint density at radius 2 is 1.83 bits per heavy atom. The van der Waals surface area contributed by atoms with Gasteiger partial charge in [-0.25, -0.2) is 26.3 Å². The van der Waals surface area contributed by atoms with Crippen molar-refractivity contribution in [2.24, 2.45) is 5.92 Å². The van der Waals surface area contributed by atoms with Gasteiger partial charge in [-0.1, -0.05) is 23.7 Å². The number of nitrogens with zero attached hydrogens (tertiary/aromatic N) is 4. The van der Waals surface area contributed by atoms with Gasteiger partial charge in [0.2, 0.25) is 0 Å². The van der Waals surface area contributed by atoms with Gasteiger partial charge in [-0.2, -0.15) is 5.10 Å². The van der Waals surface area contributed by atoms with E-state index in [2.05, 4.69) is 10.2 Å². The van der Waals surface area contributed by atoms with Crippen molar-refractivity contribution in [1.29, 1.82) is 0 Å². The van der Waals surface area contributed by atoms with Crippen LogP contribution in [0.2, 0.25) is 5.02 Å². The van der Waals surface area contributed by atoms with Gasteiger partial charge in [-0.3, -0.25) is 0 Å². The van der Waals surface area contributed by atoms with Crippen LogP contribution in [0.1, 0.15) is 23.5 Å². The Hall–Kier alpha value is -4.69. The Kier molecular flexibility index (Phi) is 10.3. The summed E-state index contributed by atoms with van der Waals surface area (Å²) in [5.74, 6) is -3.10. The lowest BCUT2D eigenvalue weighted by Gasteiger charge is -2.37. The van der Waals surface area contributed by atoms with Crippen LogP contribution < -0.4 is 18.5 Å². The normalized spacial score (nSPS) is 16.4. The molecule has 0 saturated carbocycles. The summed E-state index contributed by atoms with van der Waals surface area (Å²) in [5.41, 5.74) is 1.26. The topological polar surface area (TPSA) is 131 Å². The molecule has 1 aliphatic rings. The average Bonchev–Trinajstić information content (AvgIpc) is 3.07. The first kappa shape index (κ1) is 33.7. The highest BCUT2D eigenvalue weighted by Crippen LogP contribution is 2.37. The van der Waals surface area contributed by atoms with E-state index in [4.69, 9.17) is 25.8 Å². The summed E-state index contributed by atoms with van der Waals surface area (Å²) in [5, 5.41) is 17.8. The van der Waals surface area contributed by atoms with Crippen molar-refractivity contribution in [1.82, 2.24) is 15.1 Å².